The summed E-state index contributed by atoms with van der Waals surface area (Å²) in [4.78, 5) is 0. The van der Waals surface area contributed by atoms with Crippen molar-refractivity contribution in [2.45, 2.75) is 72.0 Å². The lowest BCUT2D eigenvalue weighted by Gasteiger charge is -2.43. The Bertz CT molecular complexity index is 1910. The van der Waals surface area contributed by atoms with Crippen LogP contribution in [0, 0.1) is 27.7 Å². The molecule has 0 amide bonds. The van der Waals surface area contributed by atoms with E-state index in [1.54, 1.807) is 0 Å². The molecule has 0 aromatic heterocycles. The summed E-state index contributed by atoms with van der Waals surface area (Å²) >= 11 is 0. The molecule has 0 saturated heterocycles. The van der Waals surface area contributed by atoms with E-state index in [1.807, 2.05) is 69.3 Å². The van der Waals surface area contributed by atoms with Gasteiger partial charge in [0, 0.05) is 28.9 Å². The smallest absolute Gasteiger partial charge is 0.150 e. The number of aliphatic hydroxyl groups is 1. The fourth-order valence-corrected chi connectivity index (χ4v) is 7.12. The van der Waals surface area contributed by atoms with Gasteiger partial charge in [0.05, 0.1) is 0 Å². The zero-order chi connectivity index (χ0) is 32.6. The number of hydrogen-bond donors (Lipinski definition) is 1. The number of benzene rings is 5. The Morgan fingerprint density at radius 1 is 0.565 bits per heavy atom. The number of aryl methyl sites for hydroxylation is 4. The molecule has 0 radical (unpaired) electrons. The summed E-state index contributed by atoms with van der Waals surface area (Å²) in [5, 5.41) is 13.4. The highest BCUT2D eigenvalue weighted by molar-refractivity contribution is 5.67. The maximum Gasteiger partial charge on any atom is 0.150 e. The molecule has 2 aliphatic heterocycles. The van der Waals surface area contributed by atoms with Gasteiger partial charge in [0.15, 0.2) is 5.60 Å². The van der Waals surface area contributed by atoms with Gasteiger partial charge in [-0.15, -0.1) is 0 Å². The minimum atomic E-state index is -1.49. The van der Waals surface area contributed by atoms with Crippen molar-refractivity contribution in [2.24, 2.45) is 0 Å². The van der Waals surface area contributed by atoms with Crippen LogP contribution in [0.2, 0.25) is 0 Å². The van der Waals surface area contributed by atoms with Crippen molar-refractivity contribution in [3.63, 3.8) is 0 Å². The molecular weight excluding hydrogens is 568 g/mol. The first-order valence-electron chi connectivity index (χ1n) is 16.2. The molecule has 0 unspecified atom stereocenters. The second kappa shape index (κ2) is 10.6. The van der Waals surface area contributed by atoms with E-state index >= 15 is 0 Å². The van der Waals surface area contributed by atoms with E-state index in [9.17, 15) is 5.11 Å². The minimum Gasteiger partial charge on any atom is -0.457 e. The monoisotopic (exact) mass is 610 g/mol. The van der Waals surface area contributed by atoms with Crippen molar-refractivity contribution in [3.05, 3.63) is 152 Å². The van der Waals surface area contributed by atoms with E-state index in [2.05, 4.69) is 77.1 Å². The van der Waals surface area contributed by atoms with E-state index in [0.29, 0.717) is 18.1 Å². The van der Waals surface area contributed by atoms with Crippen molar-refractivity contribution in [1.29, 1.82) is 0 Å². The highest BCUT2D eigenvalue weighted by Gasteiger charge is 2.48. The Balaban J connectivity index is 1.62. The van der Waals surface area contributed by atoms with Gasteiger partial charge in [-0.05, 0) is 111 Å². The summed E-state index contributed by atoms with van der Waals surface area (Å²) < 4.78 is 20.0. The molecule has 1 N–H and O–H groups in total. The summed E-state index contributed by atoms with van der Waals surface area (Å²) in [6.45, 7) is 17.5. The van der Waals surface area contributed by atoms with Gasteiger partial charge in [-0.2, -0.15) is 0 Å². The summed E-state index contributed by atoms with van der Waals surface area (Å²) in [6.07, 6.45) is 0. The third-order valence-corrected chi connectivity index (χ3v) is 9.50. The van der Waals surface area contributed by atoms with Crippen molar-refractivity contribution >= 4 is 0 Å². The van der Waals surface area contributed by atoms with Crippen molar-refractivity contribution < 1.29 is 19.3 Å². The predicted molar refractivity (Wildman–Crippen MR) is 184 cm³/mol. The second-order valence-electron chi connectivity index (χ2n) is 14.1. The standard InChI is InChI=1S/C42H42O4/c1-9-44-42(34-20-27(4)12-16-38(34)46-39-17-13-28(5)21-35(39)42)31-23-29(40(6,7)8)22-30(24-31)41(43)32-18-25(2)10-14-36(32)45-37-15-11-26(3)19-33(37)41/h10-24,43H,9H2,1-8H3. The normalized spacial score (nSPS) is 15.5. The molecule has 5 aromatic rings. The summed E-state index contributed by atoms with van der Waals surface area (Å²) in [6, 6.07) is 31.3. The summed E-state index contributed by atoms with van der Waals surface area (Å²) in [5.74, 6) is 2.84. The van der Waals surface area contributed by atoms with Crippen molar-refractivity contribution in [2.75, 3.05) is 6.61 Å². The molecule has 5 aromatic carbocycles. The van der Waals surface area contributed by atoms with E-state index in [0.717, 1.165) is 72.7 Å². The summed E-state index contributed by atoms with van der Waals surface area (Å²) in [5.41, 5.74) is 7.80. The lowest BCUT2D eigenvalue weighted by atomic mass is 9.71. The molecule has 2 heterocycles. The van der Waals surface area contributed by atoms with Crippen molar-refractivity contribution in [3.8, 4) is 23.0 Å². The Kier molecular flexibility index (Phi) is 6.97. The minimum absolute atomic E-state index is 0.236. The van der Waals surface area contributed by atoms with Crippen LogP contribution in [0.25, 0.3) is 0 Å². The van der Waals surface area contributed by atoms with Crippen LogP contribution in [0.3, 0.4) is 0 Å². The molecular formula is C42H42O4. The average molecular weight is 611 g/mol. The predicted octanol–water partition coefficient (Wildman–Crippen LogP) is 10.0. The van der Waals surface area contributed by atoms with E-state index in [4.69, 9.17) is 14.2 Å². The molecule has 2 aliphatic rings. The molecule has 0 atom stereocenters. The van der Waals surface area contributed by atoms with Crippen LogP contribution in [0.5, 0.6) is 23.0 Å². The molecule has 46 heavy (non-hydrogen) atoms. The third kappa shape index (κ3) is 4.58. The fraction of sp³-hybridized carbons (Fsp3) is 0.286. The molecule has 0 fully saturated rings. The second-order valence-corrected chi connectivity index (χ2v) is 14.1. The van der Waals surface area contributed by atoms with Crippen LogP contribution < -0.4 is 9.47 Å². The highest BCUT2D eigenvalue weighted by Crippen LogP contribution is 2.56. The molecule has 4 nitrogen and oxygen atoms in total. The lowest BCUT2D eigenvalue weighted by Crippen LogP contribution is -2.38. The van der Waals surface area contributed by atoms with Gasteiger partial charge in [0.25, 0.3) is 0 Å². The first-order valence-corrected chi connectivity index (χ1v) is 16.2. The topological polar surface area (TPSA) is 47.9 Å². The fourth-order valence-electron chi connectivity index (χ4n) is 7.12. The quantitative estimate of drug-likeness (QED) is 0.220. The largest absolute Gasteiger partial charge is 0.457 e. The Hall–Kier alpha value is -4.38. The number of hydrogen-bond acceptors (Lipinski definition) is 4. The zero-order valence-corrected chi connectivity index (χ0v) is 28.0. The van der Waals surface area contributed by atoms with Crippen LogP contribution in [0.15, 0.2) is 91.0 Å². The van der Waals surface area contributed by atoms with Crippen LogP contribution in [0.1, 0.15) is 88.9 Å². The number of fused-ring (bicyclic) bond motifs is 4. The molecule has 0 spiro atoms. The van der Waals surface area contributed by atoms with E-state index < -0.39 is 11.2 Å². The van der Waals surface area contributed by atoms with Gasteiger partial charge in [0.1, 0.15) is 28.6 Å². The van der Waals surface area contributed by atoms with Gasteiger partial charge in [0.2, 0.25) is 0 Å². The lowest BCUT2D eigenvalue weighted by molar-refractivity contribution is 0.0142. The summed E-state index contributed by atoms with van der Waals surface area (Å²) in [7, 11) is 0. The molecule has 4 heteroatoms. The molecule has 0 bridgehead atoms. The molecule has 234 valence electrons. The van der Waals surface area contributed by atoms with E-state index in [1.165, 1.54) is 0 Å². The van der Waals surface area contributed by atoms with Gasteiger partial charge in [-0.3, -0.25) is 0 Å². The van der Waals surface area contributed by atoms with Crippen LogP contribution in [-0.2, 0) is 21.4 Å². The highest BCUT2D eigenvalue weighted by atomic mass is 16.5. The van der Waals surface area contributed by atoms with Crippen LogP contribution in [0.4, 0.5) is 0 Å². The van der Waals surface area contributed by atoms with Crippen LogP contribution in [-0.4, -0.2) is 11.7 Å². The van der Waals surface area contributed by atoms with Crippen LogP contribution >= 0.6 is 0 Å². The van der Waals surface area contributed by atoms with Crippen molar-refractivity contribution in [1.82, 2.24) is 0 Å². The number of rotatable bonds is 4. The first-order chi connectivity index (χ1) is 21.8. The molecule has 0 aliphatic carbocycles. The number of ether oxygens (including phenoxy) is 3. The zero-order valence-electron chi connectivity index (χ0n) is 28.0. The third-order valence-electron chi connectivity index (χ3n) is 9.50. The van der Waals surface area contributed by atoms with Gasteiger partial charge >= 0.3 is 0 Å². The van der Waals surface area contributed by atoms with Gasteiger partial charge in [-0.1, -0.05) is 79.4 Å². The maximum absolute atomic E-state index is 13.4. The molecule has 7 rings (SSSR count). The SMILES string of the molecule is CCOC1(c2cc(C(C)(C)C)cc(C3(O)c4cc(C)ccc4Oc4ccc(C)cc43)c2)c2cc(C)ccc2Oc2ccc(C)cc21. The van der Waals surface area contributed by atoms with E-state index in [-0.39, 0.29) is 5.41 Å². The Labute approximate surface area is 272 Å². The van der Waals surface area contributed by atoms with Gasteiger partial charge < -0.3 is 19.3 Å². The first kappa shape index (κ1) is 30.3. The average Bonchev–Trinajstić information content (AvgIpc) is 3.01. The Morgan fingerprint density at radius 2 is 0.957 bits per heavy atom. The van der Waals surface area contributed by atoms with Gasteiger partial charge in [-0.25, -0.2) is 0 Å². The Morgan fingerprint density at radius 3 is 1.37 bits per heavy atom. The molecule has 0 saturated carbocycles. The maximum atomic E-state index is 13.4.